The van der Waals surface area contributed by atoms with Crippen LogP contribution in [-0.4, -0.2) is 35.6 Å². The molecule has 0 aliphatic carbocycles. The highest BCUT2D eigenvalue weighted by molar-refractivity contribution is 5.79. The van der Waals surface area contributed by atoms with E-state index in [1.807, 2.05) is 24.4 Å². The van der Waals surface area contributed by atoms with Gasteiger partial charge in [-0.05, 0) is 32.2 Å². The fourth-order valence-corrected chi connectivity index (χ4v) is 2.53. The van der Waals surface area contributed by atoms with Crippen molar-refractivity contribution in [2.45, 2.75) is 25.5 Å². The number of likely N-dealkylation sites (tertiary alicyclic amines) is 1. The molecular weight excluding hydrogens is 224 g/mol. The highest BCUT2D eigenvalue weighted by atomic mass is 16.5. The van der Waals surface area contributed by atoms with Gasteiger partial charge in [-0.3, -0.25) is 9.88 Å². The smallest absolute Gasteiger partial charge is 0.121 e. The molecule has 0 N–H and O–H groups in total. The molecule has 1 fully saturated rings. The van der Waals surface area contributed by atoms with Gasteiger partial charge in [-0.15, -0.1) is 0 Å². The normalized spacial score (nSPS) is 24.6. The summed E-state index contributed by atoms with van der Waals surface area (Å²) >= 11 is 0. The Hall–Kier alpha value is -1.61. The Balaban J connectivity index is 1.79. The minimum atomic E-state index is 0.297. The SMILES string of the molecule is CC1CC(Oc2ccc3cccnc3c2)CN1C. The number of pyridine rings is 1. The number of nitrogens with zero attached hydrogens (tertiary/aromatic N) is 2. The Morgan fingerprint density at radius 2 is 2.22 bits per heavy atom. The average molecular weight is 242 g/mol. The molecular formula is C15H18N2O. The van der Waals surface area contributed by atoms with Crippen molar-refractivity contribution in [3.05, 3.63) is 36.5 Å². The first-order chi connectivity index (χ1) is 8.72. The summed E-state index contributed by atoms with van der Waals surface area (Å²) in [6.07, 6.45) is 3.21. The zero-order chi connectivity index (χ0) is 12.5. The second-order valence-corrected chi connectivity index (χ2v) is 5.12. The Bertz CT molecular complexity index is 545. The fourth-order valence-electron chi connectivity index (χ4n) is 2.53. The number of hydrogen-bond donors (Lipinski definition) is 0. The summed E-state index contributed by atoms with van der Waals surface area (Å²) in [6, 6.07) is 10.8. The predicted molar refractivity (Wildman–Crippen MR) is 72.9 cm³/mol. The molecule has 2 aromatic rings. The first-order valence-electron chi connectivity index (χ1n) is 6.44. The van der Waals surface area contributed by atoms with Crippen molar-refractivity contribution in [3.8, 4) is 5.75 Å². The van der Waals surface area contributed by atoms with Gasteiger partial charge >= 0.3 is 0 Å². The summed E-state index contributed by atoms with van der Waals surface area (Å²) in [5, 5.41) is 1.15. The van der Waals surface area contributed by atoms with Crippen molar-refractivity contribution >= 4 is 10.9 Å². The van der Waals surface area contributed by atoms with E-state index in [1.165, 1.54) is 0 Å². The fraction of sp³-hybridized carbons (Fsp3) is 0.400. The number of fused-ring (bicyclic) bond motifs is 1. The molecule has 1 aliphatic heterocycles. The van der Waals surface area contributed by atoms with Crippen LogP contribution in [0, 0.1) is 0 Å². The predicted octanol–water partition coefficient (Wildman–Crippen LogP) is 2.71. The molecule has 1 saturated heterocycles. The molecule has 2 unspecified atom stereocenters. The van der Waals surface area contributed by atoms with Crippen LogP contribution >= 0.6 is 0 Å². The molecule has 2 heterocycles. The van der Waals surface area contributed by atoms with Crippen molar-refractivity contribution in [2.24, 2.45) is 0 Å². The quantitative estimate of drug-likeness (QED) is 0.809. The van der Waals surface area contributed by atoms with Crippen molar-refractivity contribution < 1.29 is 4.74 Å². The second kappa shape index (κ2) is 4.58. The maximum atomic E-state index is 6.04. The molecule has 2 atom stereocenters. The molecule has 0 bridgehead atoms. The minimum absolute atomic E-state index is 0.297. The average Bonchev–Trinajstić information content (AvgIpc) is 2.68. The second-order valence-electron chi connectivity index (χ2n) is 5.12. The summed E-state index contributed by atoms with van der Waals surface area (Å²) in [6.45, 7) is 3.24. The van der Waals surface area contributed by atoms with Crippen LogP contribution in [-0.2, 0) is 0 Å². The van der Waals surface area contributed by atoms with Crippen molar-refractivity contribution in [1.29, 1.82) is 0 Å². The largest absolute Gasteiger partial charge is 0.489 e. The summed E-state index contributed by atoms with van der Waals surface area (Å²) in [7, 11) is 2.15. The van der Waals surface area contributed by atoms with Gasteiger partial charge < -0.3 is 4.74 Å². The number of hydrogen-bond acceptors (Lipinski definition) is 3. The van der Waals surface area contributed by atoms with Crippen molar-refractivity contribution in [1.82, 2.24) is 9.88 Å². The van der Waals surface area contributed by atoms with E-state index in [2.05, 4.69) is 36.0 Å². The first kappa shape index (κ1) is 11.5. The highest BCUT2D eigenvalue weighted by Gasteiger charge is 2.27. The molecule has 0 amide bonds. The molecule has 3 heteroatoms. The van der Waals surface area contributed by atoms with Crippen molar-refractivity contribution in [3.63, 3.8) is 0 Å². The highest BCUT2D eigenvalue weighted by Crippen LogP contribution is 2.24. The number of ether oxygens (including phenoxy) is 1. The van der Waals surface area contributed by atoms with Crippen LogP contribution in [0.4, 0.5) is 0 Å². The van der Waals surface area contributed by atoms with Gasteiger partial charge in [-0.2, -0.15) is 0 Å². The van der Waals surface area contributed by atoms with E-state index in [9.17, 15) is 0 Å². The summed E-state index contributed by atoms with van der Waals surface area (Å²) < 4.78 is 6.04. The van der Waals surface area contributed by atoms with Gasteiger partial charge in [0.2, 0.25) is 0 Å². The van der Waals surface area contributed by atoms with Gasteiger partial charge in [-0.1, -0.05) is 6.07 Å². The van der Waals surface area contributed by atoms with Crippen LogP contribution in [0.15, 0.2) is 36.5 Å². The van der Waals surface area contributed by atoms with Crippen LogP contribution in [0.5, 0.6) is 5.75 Å². The number of rotatable bonds is 2. The maximum absolute atomic E-state index is 6.04. The third-order valence-corrected chi connectivity index (χ3v) is 3.73. The molecule has 0 spiro atoms. The molecule has 94 valence electrons. The van der Waals surface area contributed by atoms with Crippen LogP contribution in [0.2, 0.25) is 0 Å². The van der Waals surface area contributed by atoms with E-state index in [0.29, 0.717) is 12.1 Å². The zero-order valence-corrected chi connectivity index (χ0v) is 10.8. The minimum Gasteiger partial charge on any atom is -0.489 e. The van der Waals surface area contributed by atoms with Crippen LogP contribution in [0.3, 0.4) is 0 Å². The molecule has 3 nitrogen and oxygen atoms in total. The van der Waals surface area contributed by atoms with Crippen LogP contribution in [0.1, 0.15) is 13.3 Å². The van der Waals surface area contributed by atoms with E-state index in [0.717, 1.165) is 29.6 Å². The molecule has 3 rings (SSSR count). The van der Waals surface area contributed by atoms with Gasteiger partial charge in [0.25, 0.3) is 0 Å². The van der Waals surface area contributed by atoms with Crippen molar-refractivity contribution in [2.75, 3.05) is 13.6 Å². The molecule has 18 heavy (non-hydrogen) atoms. The van der Waals surface area contributed by atoms with Gasteiger partial charge in [-0.25, -0.2) is 0 Å². The van der Waals surface area contributed by atoms with Gasteiger partial charge in [0.05, 0.1) is 5.52 Å². The lowest BCUT2D eigenvalue weighted by molar-refractivity contribution is 0.208. The topological polar surface area (TPSA) is 25.4 Å². The number of benzene rings is 1. The molecule has 0 radical (unpaired) electrons. The number of likely N-dealkylation sites (N-methyl/N-ethyl adjacent to an activating group) is 1. The lowest BCUT2D eigenvalue weighted by atomic mass is 10.2. The third kappa shape index (κ3) is 2.18. The molecule has 1 aliphatic rings. The lowest BCUT2D eigenvalue weighted by Crippen LogP contribution is -2.23. The zero-order valence-electron chi connectivity index (χ0n) is 10.8. The van der Waals surface area contributed by atoms with Gasteiger partial charge in [0.15, 0.2) is 0 Å². The summed E-state index contributed by atoms with van der Waals surface area (Å²) in [5.74, 6) is 0.925. The Morgan fingerprint density at radius 3 is 3.00 bits per heavy atom. The molecule has 1 aromatic heterocycles. The Morgan fingerprint density at radius 1 is 1.33 bits per heavy atom. The molecule has 1 aromatic carbocycles. The number of aromatic nitrogens is 1. The Labute approximate surface area is 107 Å². The van der Waals surface area contributed by atoms with E-state index < -0.39 is 0 Å². The maximum Gasteiger partial charge on any atom is 0.121 e. The summed E-state index contributed by atoms with van der Waals surface area (Å²) in [5.41, 5.74) is 0.995. The van der Waals surface area contributed by atoms with Crippen LogP contribution < -0.4 is 4.74 Å². The van der Waals surface area contributed by atoms with E-state index >= 15 is 0 Å². The van der Waals surface area contributed by atoms with Crippen LogP contribution in [0.25, 0.3) is 10.9 Å². The van der Waals surface area contributed by atoms with Gasteiger partial charge in [0, 0.05) is 36.7 Å². The Kier molecular flexibility index (Phi) is 2.92. The summed E-state index contributed by atoms with van der Waals surface area (Å²) in [4.78, 5) is 6.69. The first-order valence-corrected chi connectivity index (χ1v) is 6.44. The van der Waals surface area contributed by atoms with E-state index in [1.54, 1.807) is 0 Å². The monoisotopic (exact) mass is 242 g/mol. The van der Waals surface area contributed by atoms with E-state index in [-0.39, 0.29) is 0 Å². The molecule has 0 saturated carbocycles. The van der Waals surface area contributed by atoms with E-state index in [4.69, 9.17) is 4.74 Å². The third-order valence-electron chi connectivity index (χ3n) is 3.73. The van der Waals surface area contributed by atoms with Gasteiger partial charge in [0.1, 0.15) is 11.9 Å². The standard InChI is InChI=1S/C15H18N2O/c1-11-8-14(10-17(11)2)18-13-6-5-12-4-3-7-16-15(12)9-13/h3-7,9,11,14H,8,10H2,1-2H3. The lowest BCUT2D eigenvalue weighted by Gasteiger charge is -2.14.